The van der Waals surface area contributed by atoms with E-state index in [4.69, 9.17) is 0 Å². The number of aromatic hydroxyl groups is 2. The molecule has 2 unspecified atom stereocenters. The molecule has 0 aliphatic carbocycles. The van der Waals surface area contributed by atoms with Gasteiger partial charge in [0.15, 0.2) is 11.5 Å². The van der Waals surface area contributed by atoms with Gasteiger partial charge in [-0.05, 0) is 24.1 Å². The number of carboxylic acid groups (broad SMARTS) is 1. The fourth-order valence-corrected chi connectivity index (χ4v) is 2.25. The van der Waals surface area contributed by atoms with Gasteiger partial charge in [-0.3, -0.25) is 14.9 Å². The molecule has 0 bridgehead atoms. The first-order valence-electron chi connectivity index (χ1n) is 7.06. The average molecular weight is 332 g/mol. The van der Waals surface area contributed by atoms with E-state index in [1.165, 1.54) is 30.3 Å². The van der Waals surface area contributed by atoms with Crippen LogP contribution in [-0.4, -0.2) is 32.3 Å². The first-order valence-corrected chi connectivity index (χ1v) is 7.06. The van der Waals surface area contributed by atoms with Crippen LogP contribution in [0.3, 0.4) is 0 Å². The SMILES string of the molecule is O=C(O)C(Cc1ccc(O)c(O)c1)NC(c1ccccc1)[N+](=O)[O-]. The number of aliphatic carboxylic acids is 1. The van der Waals surface area contributed by atoms with E-state index in [9.17, 15) is 30.2 Å². The molecule has 0 saturated heterocycles. The van der Waals surface area contributed by atoms with E-state index < -0.39 is 23.1 Å². The molecule has 0 amide bonds. The quantitative estimate of drug-likeness (QED) is 0.262. The van der Waals surface area contributed by atoms with Crippen LogP contribution in [0, 0.1) is 10.1 Å². The van der Waals surface area contributed by atoms with Crippen LogP contribution >= 0.6 is 0 Å². The molecule has 4 N–H and O–H groups in total. The number of rotatable bonds is 7. The van der Waals surface area contributed by atoms with E-state index >= 15 is 0 Å². The molecule has 2 aromatic carbocycles. The van der Waals surface area contributed by atoms with Crippen molar-refractivity contribution in [2.45, 2.75) is 18.6 Å². The number of hydrogen-bond donors (Lipinski definition) is 4. The zero-order valence-electron chi connectivity index (χ0n) is 12.5. The zero-order valence-corrected chi connectivity index (χ0v) is 12.5. The van der Waals surface area contributed by atoms with Crippen molar-refractivity contribution in [1.82, 2.24) is 5.32 Å². The lowest BCUT2D eigenvalue weighted by Gasteiger charge is -2.18. The maximum absolute atomic E-state index is 11.4. The molecule has 0 aliphatic heterocycles. The fourth-order valence-electron chi connectivity index (χ4n) is 2.25. The maximum atomic E-state index is 11.4. The van der Waals surface area contributed by atoms with Crippen molar-refractivity contribution >= 4 is 5.97 Å². The Bertz CT molecular complexity index is 735. The topological polar surface area (TPSA) is 133 Å². The summed E-state index contributed by atoms with van der Waals surface area (Å²) in [6.45, 7) is 0. The Morgan fingerprint density at radius 1 is 1.12 bits per heavy atom. The number of benzene rings is 2. The van der Waals surface area contributed by atoms with Gasteiger partial charge in [-0.15, -0.1) is 0 Å². The van der Waals surface area contributed by atoms with Gasteiger partial charge in [0.05, 0.1) is 0 Å². The van der Waals surface area contributed by atoms with Gasteiger partial charge in [0.25, 0.3) is 6.17 Å². The van der Waals surface area contributed by atoms with Crippen molar-refractivity contribution in [2.75, 3.05) is 0 Å². The van der Waals surface area contributed by atoms with Gasteiger partial charge in [-0.25, -0.2) is 5.32 Å². The first kappa shape index (κ1) is 17.2. The summed E-state index contributed by atoms with van der Waals surface area (Å²) in [6.07, 6.45) is -1.47. The number of phenolic OH excluding ortho intramolecular Hbond substituents is 2. The number of hydrogen-bond acceptors (Lipinski definition) is 6. The standard InChI is InChI=1S/C16H16N2O6/c19-13-7-6-10(9-14(13)20)8-12(16(21)22)17-15(18(23)24)11-4-2-1-3-5-11/h1-7,9,12,15,17,19-20H,8H2,(H,21,22). The molecule has 126 valence electrons. The molecule has 0 radical (unpaired) electrons. The van der Waals surface area contributed by atoms with Crippen LogP contribution < -0.4 is 5.32 Å². The predicted octanol–water partition coefficient (Wildman–Crippen LogP) is 1.66. The molecule has 2 aromatic rings. The van der Waals surface area contributed by atoms with Crippen molar-refractivity contribution in [1.29, 1.82) is 0 Å². The number of phenols is 2. The highest BCUT2D eigenvalue weighted by Crippen LogP contribution is 2.25. The highest BCUT2D eigenvalue weighted by atomic mass is 16.6. The molecule has 8 nitrogen and oxygen atoms in total. The third-order valence-corrected chi connectivity index (χ3v) is 3.46. The summed E-state index contributed by atoms with van der Waals surface area (Å²) in [4.78, 5) is 22.1. The van der Waals surface area contributed by atoms with Crippen LogP contribution in [0.25, 0.3) is 0 Å². The van der Waals surface area contributed by atoms with Gasteiger partial charge < -0.3 is 15.3 Å². The monoisotopic (exact) mass is 332 g/mol. The average Bonchev–Trinajstić information content (AvgIpc) is 2.55. The van der Waals surface area contributed by atoms with E-state index in [0.717, 1.165) is 0 Å². The van der Waals surface area contributed by atoms with Crippen LogP contribution in [0.1, 0.15) is 17.3 Å². The molecule has 8 heteroatoms. The molecule has 2 rings (SSSR count). The lowest BCUT2D eigenvalue weighted by molar-refractivity contribution is -0.537. The van der Waals surface area contributed by atoms with Crippen molar-refractivity contribution in [3.05, 3.63) is 69.8 Å². The number of carboxylic acids is 1. The molecular weight excluding hydrogens is 316 g/mol. The lowest BCUT2D eigenvalue weighted by atomic mass is 10.0. The molecule has 0 aromatic heterocycles. The summed E-state index contributed by atoms with van der Waals surface area (Å²) in [5, 5.41) is 41.9. The van der Waals surface area contributed by atoms with E-state index in [1.54, 1.807) is 18.2 Å². The van der Waals surface area contributed by atoms with Crippen molar-refractivity contribution in [3.63, 3.8) is 0 Å². The van der Waals surface area contributed by atoms with E-state index in [1.807, 2.05) is 0 Å². The smallest absolute Gasteiger partial charge is 0.321 e. The molecule has 0 spiro atoms. The first-order chi connectivity index (χ1) is 11.4. The van der Waals surface area contributed by atoms with Crippen LogP contribution in [0.4, 0.5) is 0 Å². The minimum atomic E-state index is -1.38. The van der Waals surface area contributed by atoms with Crippen LogP contribution in [0.5, 0.6) is 11.5 Å². The second kappa shape index (κ2) is 7.42. The number of carbonyl (C=O) groups is 1. The van der Waals surface area contributed by atoms with Crippen LogP contribution in [0.2, 0.25) is 0 Å². The third-order valence-electron chi connectivity index (χ3n) is 3.46. The number of nitro groups is 1. The number of nitrogens with one attached hydrogen (secondary N) is 1. The zero-order chi connectivity index (χ0) is 17.7. The summed E-state index contributed by atoms with van der Waals surface area (Å²) in [7, 11) is 0. The molecule has 0 aliphatic rings. The van der Waals surface area contributed by atoms with Crippen molar-refractivity contribution in [2.24, 2.45) is 0 Å². The van der Waals surface area contributed by atoms with E-state index in [-0.39, 0.29) is 17.9 Å². The normalized spacial score (nSPS) is 13.2. The number of nitrogens with zero attached hydrogens (tertiary/aromatic N) is 1. The second-order valence-electron chi connectivity index (χ2n) is 5.18. The van der Waals surface area contributed by atoms with Gasteiger partial charge in [0.1, 0.15) is 6.04 Å². The van der Waals surface area contributed by atoms with E-state index in [0.29, 0.717) is 11.1 Å². The molecule has 0 saturated carbocycles. The van der Waals surface area contributed by atoms with Gasteiger partial charge >= 0.3 is 5.97 Å². The molecule has 24 heavy (non-hydrogen) atoms. The molecule has 2 atom stereocenters. The highest BCUT2D eigenvalue weighted by Gasteiger charge is 2.29. The molecule has 0 fully saturated rings. The summed E-state index contributed by atoms with van der Waals surface area (Å²) in [6, 6.07) is 10.7. The summed E-state index contributed by atoms with van der Waals surface area (Å²) in [5.41, 5.74) is 0.752. The van der Waals surface area contributed by atoms with Gasteiger partial charge in [0.2, 0.25) is 0 Å². The third kappa shape index (κ3) is 4.20. The predicted molar refractivity (Wildman–Crippen MR) is 84.2 cm³/mol. The van der Waals surface area contributed by atoms with Crippen molar-refractivity contribution < 1.29 is 25.0 Å². The highest BCUT2D eigenvalue weighted by molar-refractivity contribution is 5.74. The van der Waals surface area contributed by atoms with Crippen LogP contribution in [-0.2, 0) is 11.2 Å². The largest absolute Gasteiger partial charge is 0.504 e. The lowest BCUT2D eigenvalue weighted by Crippen LogP contribution is -2.43. The van der Waals surface area contributed by atoms with Crippen LogP contribution in [0.15, 0.2) is 48.5 Å². The summed E-state index contributed by atoms with van der Waals surface area (Å²) >= 11 is 0. The Balaban J connectivity index is 2.21. The Hall–Kier alpha value is -3.13. The van der Waals surface area contributed by atoms with Gasteiger partial charge in [0, 0.05) is 10.5 Å². The minimum absolute atomic E-state index is 0.0969. The summed E-state index contributed by atoms with van der Waals surface area (Å²) < 4.78 is 0. The second-order valence-corrected chi connectivity index (χ2v) is 5.18. The van der Waals surface area contributed by atoms with Crippen molar-refractivity contribution in [3.8, 4) is 11.5 Å². The summed E-state index contributed by atoms with van der Waals surface area (Å²) in [5.74, 6) is -1.97. The van der Waals surface area contributed by atoms with E-state index in [2.05, 4.69) is 5.32 Å². The van der Waals surface area contributed by atoms with Gasteiger partial charge in [-0.2, -0.15) is 0 Å². The Labute approximate surface area is 137 Å². The van der Waals surface area contributed by atoms with Gasteiger partial charge in [-0.1, -0.05) is 36.4 Å². The molecular formula is C16H16N2O6. The molecule has 0 heterocycles. The Kier molecular flexibility index (Phi) is 5.33. The Morgan fingerprint density at radius 3 is 2.33 bits per heavy atom. The minimum Gasteiger partial charge on any atom is -0.504 e. The maximum Gasteiger partial charge on any atom is 0.321 e. The Morgan fingerprint density at radius 2 is 1.79 bits per heavy atom. The fraction of sp³-hybridized carbons (Fsp3) is 0.188.